The van der Waals surface area contributed by atoms with Crippen molar-refractivity contribution in [1.29, 1.82) is 0 Å². The van der Waals surface area contributed by atoms with Gasteiger partial charge in [0.05, 0.1) is 5.69 Å². The molecule has 0 saturated carbocycles. The lowest BCUT2D eigenvalue weighted by Crippen LogP contribution is -2.11. The molecule has 106 valence electrons. The van der Waals surface area contributed by atoms with Crippen LogP contribution in [-0.4, -0.2) is 10.9 Å². The number of unbranched alkanes of at least 4 members (excludes halogenated alkanes) is 1. The fraction of sp³-hybridized carbons (Fsp3) is 0.333. The molecule has 0 radical (unpaired) electrons. The van der Waals surface area contributed by atoms with Gasteiger partial charge in [-0.15, -0.1) is 0 Å². The molecule has 2 aromatic rings. The van der Waals surface area contributed by atoms with Crippen molar-refractivity contribution in [2.75, 3.05) is 11.1 Å². The molecule has 1 heterocycles. The lowest BCUT2D eigenvalue weighted by molar-refractivity contribution is 0.103. The summed E-state index contributed by atoms with van der Waals surface area (Å²) in [6, 6.07) is 7.98. The van der Waals surface area contributed by atoms with E-state index in [0.717, 1.165) is 12.1 Å². The number of aryl methyl sites for hydroxylation is 2. The fourth-order valence-electron chi connectivity index (χ4n) is 1.95. The molecule has 5 heteroatoms. The van der Waals surface area contributed by atoms with E-state index in [0.29, 0.717) is 15.7 Å². The van der Waals surface area contributed by atoms with E-state index in [1.54, 1.807) is 6.92 Å². The van der Waals surface area contributed by atoms with E-state index in [1.807, 2.05) is 12.1 Å². The van der Waals surface area contributed by atoms with Crippen LogP contribution in [0, 0.1) is 6.92 Å². The van der Waals surface area contributed by atoms with Gasteiger partial charge in [-0.25, -0.2) is 4.98 Å². The summed E-state index contributed by atoms with van der Waals surface area (Å²) in [6.45, 7) is 3.97. The summed E-state index contributed by atoms with van der Waals surface area (Å²) in [5.74, 6) is -0.155. The van der Waals surface area contributed by atoms with Crippen LogP contribution in [0.1, 0.15) is 40.7 Å². The van der Waals surface area contributed by atoms with Crippen molar-refractivity contribution in [1.82, 2.24) is 4.98 Å². The molecule has 20 heavy (non-hydrogen) atoms. The van der Waals surface area contributed by atoms with Gasteiger partial charge in [-0.1, -0.05) is 36.8 Å². The predicted octanol–water partition coefficient (Wildman–Crippen LogP) is 3.63. The molecule has 0 aliphatic rings. The molecule has 0 fully saturated rings. The largest absolute Gasteiger partial charge is 0.375 e. The molecule has 1 amide bonds. The van der Waals surface area contributed by atoms with Crippen molar-refractivity contribution >= 4 is 28.1 Å². The average Bonchev–Trinajstić information content (AvgIpc) is 2.77. The molecule has 1 aromatic heterocycles. The van der Waals surface area contributed by atoms with Crippen molar-refractivity contribution in [3.05, 3.63) is 40.4 Å². The van der Waals surface area contributed by atoms with Crippen LogP contribution in [0.15, 0.2) is 24.3 Å². The van der Waals surface area contributed by atoms with Gasteiger partial charge in [0.15, 0.2) is 5.13 Å². The lowest BCUT2D eigenvalue weighted by atomic mass is 10.1. The van der Waals surface area contributed by atoms with E-state index in [9.17, 15) is 4.79 Å². The first-order valence-corrected chi connectivity index (χ1v) is 7.55. The Morgan fingerprint density at radius 2 is 2.05 bits per heavy atom. The molecular weight excluding hydrogens is 270 g/mol. The second-order valence-corrected chi connectivity index (χ2v) is 5.75. The number of hydrogen-bond acceptors (Lipinski definition) is 4. The van der Waals surface area contributed by atoms with E-state index >= 15 is 0 Å². The number of nitrogens with zero attached hydrogens (tertiary/aromatic N) is 1. The minimum absolute atomic E-state index is 0.155. The molecule has 0 spiro atoms. The highest BCUT2D eigenvalue weighted by Gasteiger charge is 2.14. The maximum absolute atomic E-state index is 12.1. The molecule has 4 nitrogen and oxygen atoms in total. The molecular formula is C15H19N3OS. The molecule has 0 atom stereocenters. The van der Waals surface area contributed by atoms with Crippen molar-refractivity contribution in [3.8, 4) is 0 Å². The molecule has 0 aliphatic heterocycles. The zero-order chi connectivity index (χ0) is 14.5. The molecule has 0 aliphatic carbocycles. The lowest BCUT2D eigenvalue weighted by Gasteiger charge is -2.05. The summed E-state index contributed by atoms with van der Waals surface area (Å²) in [5, 5.41) is 3.29. The summed E-state index contributed by atoms with van der Waals surface area (Å²) in [4.78, 5) is 16.7. The zero-order valence-electron chi connectivity index (χ0n) is 11.8. The quantitative estimate of drug-likeness (QED) is 0.883. The first-order chi connectivity index (χ1) is 9.60. The van der Waals surface area contributed by atoms with Gasteiger partial charge in [0, 0.05) is 5.69 Å². The average molecular weight is 289 g/mol. The fourth-order valence-corrected chi connectivity index (χ4v) is 2.68. The normalized spacial score (nSPS) is 10.5. The number of carbonyl (C=O) groups is 1. The monoisotopic (exact) mass is 289 g/mol. The number of nitrogens with two attached hydrogens (primary N) is 1. The Labute approximate surface area is 123 Å². The van der Waals surface area contributed by atoms with Gasteiger partial charge in [0.1, 0.15) is 4.88 Å². The molecule has 3 N–H and O–H groups in total. The third-order valence-corrected chi connectivity index (χ3v) is 4.04. The van der Waals surface area contributed by atoms with Gasteiger partial charge in [-0.2, -0.15) is 0 Å². The SMILES string of the molecule is CCCCc1ccc(NC(=O)c2sc(N)nc2C)cc1. The van der Waals surface area contributed by atoms with Crippen LogP contribution in [0.4, 0.5) is 10.8 Å². The van der Waals surface area contributed by atoms with E-state index in [4.69, 9.17) is 5.73 Å². The minimum Gasteiger partial charge on any atom is -0.375 e. The highest BCUT2D eigenvalue weighted by atomic mass is 32.1. The highest BCUT2D eigenvalue weighted by Crippen LogP contribution is 2.21. The topological polar surface area (TPSA) is 68.0 Å². The Bertz CT molecular complexity index is 590. The molecule has 2 rings (SSSR count). The first kappa shape index (κ1) is 14.5. The van der Waals surface area contributed by atoms with Gasteiger partial charge in [-0.05, 0) is 37.5 Å². The van der Waals surface area contributed by atoms with Crippen molar-refractivity contribution in [2.24, 2.45) is 0 Å². The minimum atomic E-state index is -0.155. The van der Waals surface area contributed by atoms with Crippen molar-refractivity contribution in [2.45, 2.75) is 33.1 Å². The predicted molar refractivity (Wildman–Crippen MR) is 84.3 cm³/mol. The maximum Gasteiger partial charge on any atom is 0.267 e. The number of amides is 1. The summed E-state index contributed by atoms with van der Waals surface area (Å²) >= 11 is 1.21. The molecule has 0 saturated heterocycles. The number of nitrogens with one attached hydrogen (secondary N) is 1. The standard InChI is InChI=1S/C15H19N3OS/c1-3-4-5-11-6-8-12(9-7-11)18-14(19)13-10(2)17-15(16)20-13/h6-9H,3-5H2,1-2H3,(H2,16,17)(H,18,19). The maximum atomic E-state index is 12.1. The third kappa shape index (κ3) is 3.57. The smallest absolute Gasteiger partial charge is 0.267 e. The van der Waals surface area contributed by atoms with E-state index in [1.165, 1.54) is 29.7 Å². The number of carbonyl (C=O) groups excluding carboxylic acids is 1. The third-order valence-electron chi connectivity index (χ3n) is 3.05. The van der Waals surface area contributed by atoms with E-state index in [-0.39, 0.29) is 5.91 Å². The number of aromatic nitrogens is 1. The number of anilines is 2. The Hall–Kier alpha value is -1.88. The van der Waals surface area contributed by atoms with Crippen LogP contribution in [0.3, 0.4) is 0 Å². The molecule has 0 bridgehead atoms. The summed E-state index contributed by atoms with van der Waals surface area (Å²) in [6.07, 6.45) is 3.45. The number of hydrogen-bond donors (Lipinski definition) is 2. The summed E-state index contributed by atoms with van der Waals surface area (Å²) < 4.78 is 0. The van der Waals surface area contributed by atoms with E-state index < -0.39 is 0 Å². The zero-order valence-corrected chi connectivity index (χ0v) is 12.6. The number of benzene rings is 1. The Morgan fingerprint density at radius 3 is 2.60 bits per heavy atom. The van der Waals surface area contributed by atoms with Crippen LogP contribution in [-0.2, 0) is 6.42 Å². The molecule has 1 aromatic carbocycles. The number of nitrogen functional groups attached to an aromatic ring is 1. The highest BCUT2D eigenvalue weighted by molar-refractivity contribution is 7.17. The summed E-state index contributed by atoms with van der Waals surface area (Å²) in [7, 11) is 0. The van der Waals surface area contributed by atoms with Gasteiger partial charge in [0.25, 0.3) is 5.91 Å². The van der Waals surface area contributed by atoms with Crippen molar-refractivity contribution in [3.63, 3.8) is 0 Å². The van der Waals surface area contributed by atoms with Gasteiger partial charge in [-0.3, -0.25) is 4.79 Å². The van der Waals surface area contributed by atoms with Crippen LogP contribution in [0.25, 0.3) is 0 Å². The van der Waals surface area contributed by atoms with Crippen LogP contribution in [0.2, 0.25) is 0 Å². The van der Waals surface area contributed by atoms with Crippen LogP contribution < -0.4 is 11.1 Å². The van der Waals surface area contributed by atoms with Crippen LogP contribution in [0.5, 0.6) is 0 Å². The van der Waals surface area contributed by atoms with Crippen LogP contribution >= 0.6 is 11.3 Å². The Balaban J connectivity index is 2.02. The van der Waals surface area contributed by atoms with Gasteiger partial charge >= 0.3 is 0 Å². The van der Waals surface area contributed by atoms with E-state index in [2.05, 4.69) is 29.4 Å². The van der Waals surface area contributed by atoms with Gasteiger partial charge < -0.3 is 11.1 Å². The Morgan fingerprint density at radius 1 is 1.35 bits per heavy atom. The summed E-state index contributed by atoms with van der Waals surface area (Å²) in [5.41, 5.74) is 8.36. The van der Waals surface area contributed by atoms with Gasteiger partial charge in [0.2, 0.25) is 0 Å². The second kappa shape index (κ2) is 6.52. The number of thiazole rings is 1. The first-order valence-electron chi connectivity index (χ1n) is 6.73. The number of rotatable bonds is 5. The second-order valence-electron chi connectivity index (χ2n) is 4.72. The van der Waals surface area contributed by atoms with Crippen molar-refractivity contribution < 1.29 is 4.79 Å². The Kier molecular flexibility index (Phi) is 4.74. The molecule has 0 unspecified atom stereocenters.